The van der Waals surface area contributed by atoms with Gasteiger partial charge < -0.3 is 4.42 Å². The molecule has 6 heteroatoms. The monoisotopic (exact) mass is 319 g/mol. The molecule has 0 N–H and O–H groups in total. The van der Waals surface area contributed by atoms with Crippen molar-refractivity contribution in [1.82, 2.24) is 4.98 Å². The Hall–Kier alpha value is -1.92. The normalized spacial score (nSPS) is 12.4. The van der Waals surface area contributed by atoms with E-state index in [1.54, 1.807) is 42.5 Å². The second-order valence-corrected chi connectivity index (χ2v) is 7.69. The van der Waals surface area contributed by atoms with Crippen LogP contribution in [0.3, 0.4) is 0 Å². The average Bonchev–Trinajstić information content (AvgIpc) is 3.13. The smallest absolute Gasteiger partial charge is 0.220 e. The van der Waals surface area contributed by atoms with E-state index in [2.05, 4.69) is 4.98 Å². The third-order valence-corrected chi connectivity index (χ3v) is 5.62. The third-order valence-electron chi connectivity index (χ3n) is 3.05. The third kappa shape index (κ3) is 2.91. The fourth-order valence-corrected chi connectivity index (χ4v) is 3.41. The lowest BCUT2D eigenvalue weighted by molar-refractivity contribution is 0.589. The van der Waals surface area contributed by atoms with Gasteiger partial charge >= 0.3 is 0 Å². The first kappa shape index (κ1) is 14.0. The summed E-state index contributed by atoms with van der Waals surface area (Å²) >= 11 is 1.62. The summed E-state index contributed by atoms with van der Waals surface area (Å²) in [7, 11) is -3.23. The van der Waals surface area contributed by atoms with Gasteiger partial charge in [-0.2, -0.15) is 0 Å². The predicted molar refractivity (Wildman–Crippen MR) is 85.0 cm³/mol. The topological polar surface area (TPSA) is 60.2 Å². The van der Waals surface area contributed by atoms with Crippen LogP contribution in [0, 0.1) is 0 Å². The fraction of sp³-hybridized carbons (Fsp3) is 0.133. The number of thiophene rings is 1. The minimum absolute atomic E-state index is 0.0709. The molecule has 2 heterocycles. The maximum Gasteiger partial charge on any atom is 0.220 e. The predicted octanol–water partition coefficient (Wildman–Crippen LogP) is 3.85. The van der Waals surface area contributed by atoms with Crippen LogP contribution in [0.4, 0.5) is 0 Å². The molecule has 0 amide bonds. The summed E-state index contributed by atoms with van der Waals surface area (Å²) < 4.78 is 29.3. The number of sulfone groups is 1. The average molecular weight is 319 g/mol. The van der Waals surface area contributed by atoms with E-state index in [1.807, 2.05) is 23.6 Å². The van der Waals surface area contributed by atoms with E-state index in [1.165, 1.54) is 0 Å². The number of fused-ring (bicyclic) bond motifs is 1. The van der Waals surface area contributed by atoms with Gasteiger partial charge in [0.05, 0.1) is 10.6 Å². The van der Waals surface area contributed by atoms with Crippen LogP contribution in [-0.4, -0.2) is 19.2 Å². The van der Waals surface area contributed by atoms with Crippen molar-refractivity contribution in [3.05, 3.63) is 46.5 Å². The minimum atomic E-state index is -3.23. The zero-order chi connectivity index (χ0) is 14.9. The van der Waals surface area contributed by atoms with E-state index in [0.717, 1.165) is 4.88 Å². The Morgan fingerprint density at radius 2 is 2.14 bits per heavy atom. The quantitative estimate of drug-likeness (QED) is 0.733. The Morgan fingerprint density at radius 1 is 1.29 bits per heavy atom. The Bertz CT molecular complexity index is 890. The number of benzene rings is 1. The van der Waals surface area contributed by atoms with Gasteiger partial charge in [0.1, 0.15) is 5.52 Å². The molecule has 2 aromatic heterocycles. The van der Waals surface area contributed by atoms with Crippen LogP contribution in [0.25, 0.3) is 23.3 Å². The molecule has 0 unspecified atom stereocenters. The molecule has 21 heavy (non-hydrogen) atoms. The van der Waals surface area contributed by atoms with E-state index >= 15 is 0 Å². The van der Waals surface area contributed by atoms with Gasteiger partial charge in [0.2, 0.25) is 5.89 Å². The Kier molecular flexibility index (Phi) is 3.65. The van der Waals surface area contributed by atoms with Crippen molar-refractivity contribution in [3.63, 3.8) is 0 Å². The van der Waals surface area contributed by atoms with Crippen LogP contribution in [0.1, 0.15) is 17.7 Å². The van der Waals surface area contributed by atoms with E-state index in [4.69, 9.17) is 4.42 Å². The van der Waals surface area contributed by atoms with Gasteiger partial charge in [-0.15, -0.1) is 11.3 Å². The first-order chi connectivity index (χ1) is 10.1. The SMILES string of the molecule is CCS(=O)(=O)c1ccc2oc(/C=C/c3cccs3)nc2c1. The van der Waals surface area contributed by atoms with Crippen molar-refractivity contribution < 1.29 is 12.8 Å². The molecular formula is C15H13NO3S2. The van der Waals surface area contributed by atoms with Crippen LogP contribution < -0.4 is 0 Å². The van der Waals surface area contributed by atoms with E-state index in [0.29, 0.717) is 17.0 Å². The zero-order valence-electron chi connectivity index (χ0n) is 11.3. The van der Waals surface area contributed by atoms with Gasteiger partial charge in [0, 0.05) is 11.0 Å². The van der Waals surface area contributed by atoms with Crippen molar-refractivity contribution in [2.24, 2.45) is 0 Å². The fourth-order valence-electron chi connectivity index (χ4n) is 1.90. The molecular weight excluding hydrogens is 306 g/mol. The molecule has 3 aromatic rings. The summed E-state index contributed by atoms with van der Waals surface area (Å²) in [4.78, 5) is 5.69. The summed E-state index contributed by atoms with van der Waals surface area (Å²) in [6.45, 7) is 1.62. The van der Waals surface area contributed by atoms with Crippen molar-refractivity contribution in [1.29, 1.82) is 0 Å². The van der Waals surface area contributed by atoms with Crippen molar-refractivity contribution in [2.45, 2.75) is 11.8 Å². The number of hydrogen-bond donors (Lipinski definition) is 0. The molecule has 0 radical (unpaired) electrons. The highest BCUT2D eigenvalue weighted by Gasteiger charge is 2.13. The molecule has 0 aliphatic rings. The Labute approximate surface area is 126 Å². The maximum atomic E-state index is 11.9. The molecule has 0 fully saturated rings. The van der Waals surface area contributed by atoms with Gasteiger partial charge in [0.15, 0.2) is 15.4 Å². The highest BCUT2D eigenvalue weighted by molar-refractivity contribution is 7.91. The number of rotatable bonds is 4. The molecule has 0 spiro atoms. The summed E-state index contributed by atoms with van der Waals surface area (Å²) in [5, 5.41) is 1.99. The van der Waals surface area contributed by atoms with E-state index < -0.39 is 9.84 Å². The standard InChI is InChI=1S/C15H13NO3S2/c1-2-21(17,18)12-6-7-14-13(10-12)16-15(19-14)8-5-11-4-3-9-20-11/h3-10H,2H2,1H3/b8-5+. The number of hydrogen-bond acceptors (Lipinski definition) is 5. The minimum Gasteiger partial charge on any atom is -0.437 e. The lowest BCUT2D eigenvalue weighted by Gasteiger charge is -1.99. The molecule has 0 saturated carbocycles. The number of nitrogens with zero attached hydrogens (tertiary/aromatic N) is 1. The van der Waals surface area contributed by atoms with E-state index in [9.17, 15) is 8.42 Å². The molecule has 4 nitrogen and oxygen atoms in total. The first-order valence-corrected chi connectivity index (χ1v) is 8.96. The second kappa shape index (κ2) is 5.46. The van der Waals surface area contributed by atoms with Gasteiger partial charge in [0.25, 0.3) is 0 Å². The van der Waals surface area contributed by atoms with Crippen LogP contribution in [0.5, 0.6) is 0 Å². The van der Waals surface area contributed by atoms with Gasteiger partial charge in [-0.25, -0.2) is 13.4 Å². The van der Waals surface area contributed by atoms with Crippen molar-refractivity contribution >= 4 is 44.4 Å². The summed E-state index contributed by atoms with van der Waals surface area (Å²) in [5.74, 6) is 0.533. The van der Waals surface area contributed by atoms with E-state index in [-0.39, 0.29) is 10.6 Å². The lowest BCUT2D eigenvalue weighted by atomic mass is 10.3. The Morgan fingerprint density at radius 3 is 2.86 bits per heavy atom. The van der Waals surface area contributed by atoms with Crippen LogP contribution in [0.15, 0.2) is 45.0 Å². The molecule has 0 atom stereocenters. The van der Waals surface area contributed by atoms with Gasteiger partial charge in [-0.3, -0.25) is 0 Å². The molecule has 1 aromatic carbocycles. The molecule has 108 valence electrons. The Balaban J connectivity index is 1.97. The molecule has 0 aliphatic carbocycles. The zero-order valence-corrected chi connectivity index (χ0v) is 12.9. The maximum absolute atomic E-state index is 11.9. The molecule has 0 bridgehead atoms. The molecule has 0 aliphatic heterocycles. The van der Waals surface area contributed by atoms with Crippen molar-refractivity contribution in [2.75, 3.05) is 5.75 Å². The number of aromatic nitrogens is 1. The first-order valence-electron chi connectivity index (χ1n) is 6.43. The summed E-state index contributed by atoms with van der Waals surface area (Å²) in [5.41, 5.74) is 1.13. The number of oxazole rings is 1. The van der Waals surface area contributed by atoms with Crippen LogP contribution in [-0.2, 0) is 9.84 Å². The van der Waals surface area contributed by atoms with Crippen LogP contribution >= 0.6 is 11.3 Å². The second-order valence-electron chi connectivity index (χ2n) is 4.43. The molecule has 0 saturated heterocycles. The van der Waals surface area contributed by atoms with Gasteiger partial charge in [-0.05, 0) is 35.7 Å². The van der Waals surface area contributed by atoms with Crippen LogP contribution in [0.2, 0.25) is 0 Å². The molecule has 3 rings (SSSR count). The van der Waals surface area contributed by atoms with Crippen molar-refractivity contribution in [3.8, 4) is 0 Å². The summed E-state index contributed by atoms with van der Waals surface area (Å²) in [6.07, 6.45) is 3.69. The largest absolute Gasteiger partial charge is 0.437 e. The van der Waals surface area contributed by atoms with Gasteiger partial charge in [-0.1, -0.05) is 13.0 Å². The lowest BCUT2D eigenvalue weighted by Crippen LogP contribution is -2.03. The highest BCUT2D eigenvalue weighted by Crippen LogP contribution is 2.22. The highest BCUT2D eigenvalue weighted by atomic mass is 32.2. The summed E-state index contributed by atoms with van der Waals surface area (Å²) in [6, 6.07) is 8.72.